The van der Waals surface area contributed by atoms with E-state index in [1.807, 2.05) is 24.3 Å². The Morgan fingerprint density at radius 1 is 1.46 bits per heavy atom. The molecule has 1 fully saturated rings. The van der Waals surface area contributed by atoms with Crippen LogP contribution in [0.15, 0.2) is 29.2 Å². The maximum absolute atomic E-state index is 12.1. The summed E-state index contributed by atoms with van der Waals surface area (Å²) in [5, 5.41) is 2.98. The van der Waals surface area contributed by atoms with Crippen molar-refractivity contribution in [2.75, 3.05) is 45.6 Å². The second kappa shape index (κ2) is 9.91. The molecule has 1 aliphatic rings. The van der Waals surface area contributed by atoms with E-state index in [0.29, 0.717) is 18.2 Å². The van der Waals surface area contributed by atoms with Crippen molar-refractivity contribution < 1.29 is 14.3 Å². The average molecular weight is 353 g/mol. The van der Waals surface area contributed by atoms with Gasteiger partial charge in [0.15, 0.2) is 0 Å². The summed E-state index contributed by atoms with van der Waals surface area (Å²) in [4.78, 5) is 15.5. The molecule has 1 aromatic rings. The fourth-order valence-corrected chi connectivity index (χ4v) is 3.60. The van der Waals surface area contributed by atoms with Crippen molar-refractivity contribution in [3.05, 3.63) is 24.3 Å². The molecule has 0 saturated carbocycles. The van der Waals surface area contributed by atoms with Crippen LogP contribution >= 0.6 is 11.8 Å². The van der Waals surface area contributed by atoms with Crippen LogP contribution < -0.4 is 10.1 Å². The van der Waals surface area contributed by atoms with Crippen molar-refractivity contribution in [1.82, 2.24) is 10.2 Å². The van der Waals surface area contributed by atoms with Gasteiger partial charge in [-0.25, -0.2) is 0 Å². The molecule has 24 heavy (non-hydrogen) atoms. The lowest BCUT2D eigenvalue weighted by atomic mass is 10.2. The van der Waals surface area contributed by atoms with Gasteiger partial charge in [0.25, 0.3) is 0 Å². The molecule has 1 amide bonds. The average Bonchev–Trinajstić information content (AvgIpc) is 2.58. The largest absolute Gasteiger partial charge is 0.496 e. The molecule has 1 atom stereocenters. The highest BCUT2D eigenvalue weighted by atomic mass is 32.2. The Hall–Kier alpha value is -1.24. The van der Waals surface area contributed by atoms with Gasteiger partial charge in [0.1, 0.15) is 5.75 Å². The zero-order chi connectivity index (χ0) is 17.4. The third-order valence-electron chi connectivity index (χ3n) is 3.80. The summed E-state index contributed by atoms with van der Waals surface area (Å²) in [5.74, 6) is 1.85. The van der Waals surface area contributed by atoms with E-state index < -0.39 is 0 Å². The summed E-state index contributed by atoms with van der Waals surface area (Å²) in [6.45, 7) is 8.70. The lowest BCUT2D eigenvalue weighted by Crippen LogP contribution is -2.48. The van der Waals surface area contributed by atoms with Gasteiger partial charge in [0, 0.05) is 31.1 Å². The monoisotopic (exact) mass is 352 g/mol. The number of hydrogen-bond donors (Lipinski definition) is 1. The number of methoxy groups -OCH3 is 1. The van der Waals surface area contributed by atoms with Crippen molar-refractivity contribution in [2.24, 2.45) is 5.92 Å². The van der Waals surface area contributed by atoms with Crippen LogP contribution in [0, 0.1) is 5.92 Å². The number of nitrogens with zero attached hydrogens (tertiary/aromatic N) is 1. The topological polar surface area (TPSA) is 50.8 Å². The number of carbonyl (C=O) groups excluding carboxylic acids is 1. The van der Waals surface area contributed by atoms with E-state index in [1.54, 1.807) is 7.11 Å². The molecule has 0 bridgehead atoms. The molecule has 6 heteroatoms. The van der Waals surface area contributed by atoms with Crippen molar-refractivity contribution in [3.63, 3.8) is 0 Å². The molecule has 1 unspecified atom stereocenters. The van der Waals surface area contributed by atoms with Crippen LogP contribution in [0.1, 0.15) is 13.8 Å². The van der Waals surface area contributed by atoms with Crippen molar-refractivity contribution in [3.8, 4) is 5.75 Å². The molecule has 5 nitrogen and oxygen atoms in total. The SMILES string of the molecule is COc1ccccc1SCC(=O)NCC1CN(CC(C)C)CCO1. The van der Waals surface area contributed by atoms with E-state index in [2.05, 4.69) is 24.1 Å². The van der Waals surface area contributed by atoms with Gasteiger partial charge in [-0.15, -0.1) is 11.8 Å². The number of hydrogen-bond acceptors (Lipinski definition) is 5. The lowest BCUT2D eigenvalue weighted by molar-refractivity contribution is -0.119. The van der Waals surface area contributed by atoms with Gasteiger partial charge in [0.2, 0.25) is 5.91 Å². The summed E-state index contributed by atoms with van der Waals surface area (Å²) >= 11 is 1.49. The molecular weight excluding hydrogens is 324 g/mol. The number of morpholine rings is 1. The Bertz CT molecular complexity index is 525. The Morgan fingerprint density at radius 2 is 2.25 bits per heavy atom. The van der Waals surface area contributed by atoms with Crippen LogP contribution in [-0.4, -0.2) is 62.6 Å². The highest BCUT2D eigenvalue weighted by Gasteiger charge is 2.21. The third kappa shape index (κ3) is 6.34. The number of ether oxygens (including phenoxy) is 2. The van der Waals surface area contributed by atoms with Crippen LogP contribution in [0.3, 0.4) is 0 Å². The van der Waals surface area contributed by atoms with E-state index in [4.69, 9.17) is 9.47 Å². The molecule has 1 aromatic carbocycles. The van der Waals surface area contributed by atoms with Crippen LogP contribution in [-0.2, 0) is 9.53 Å². The first-order chi connectivity index (χ1) is 11.6. The minimum atomic E-state index is 0.0236. The number of thioether (sulfide) groups is 1. The quantitative estimate of drug-likeness (QED) is 0.728. The number of benzene rings is 1. The summed E-state index contributed by atoms with van der Waals surface area (Å²) < 4.78 is 11.1. The van der Waals surface area contributed by atoms with E-state index in [0.717, 1.165) is 36.9 Å². The summed E-state index contributed by atoms with van der Waals surface area (Å²) in [6.07, 6.45) is 0.0812. The number of amides is 1. The Balaban J connectivity index is 1.71. The molecule has 0 aromatic heterocycles. The number of nitrogens with one attached hydrogen (secondary N) is 1. The van der Waals surface area contributed by atoms with Crippen LogP contribution in [0.4, 0.5) is 0 Å². The predicted octanol–water partition coefficient (Wildman–Crippen LogP) is 2.26. The lowest BCUT2D eigenvalue weighted by Gasteiger charge is -2.33. The smallest absolute Gasteiger partial charge is 0.230 e. The molecule has 0 spiro atoms. The van der Waals surface area contributed by atoms with Crippen LogP contribution in [0.2, 0.25) is 0 Å². The second-order valence-corrected chi connectivity index (χ2v) is 7.41. The Morgan fingerprint density at radius 3 is 3.00 bits per heavy atom. The zero-order valence-electron chi connectivity index (χ0n) is 14.8. The number of para-hydroxylation sites is 1. The van der Waals surface area contributed by atoms with Gasteiger partial charge in [-0.3, -0.25) is 9.69 Å². The number of carbonyl (C=O) groups is 1. The Kier molecular flexibility index (Phi) is 7.88. The minimum absolute atomic E-state index is 0.0236. The maximum atomic E-state index is 12.1. The zero-order valence-corrected chi connectivity index (χ0v) is 15.6. The summed E-state index contributed by atoms with van der Waals surface area (Å²) in [6, 6.07) is 7.73. The van der Waals surface area contributed by atoms with Crippen molar-refractivity contribution >= 4 is 17.7 Å². The standard InChI is InChI=1S/C18H28N2O3S/c1-14(2)11-20-8-9-23-15(12-20)10-19-18(21)13-24-17-7-5-4-6-16(17)22-3/h4-7,14-15H,8-13H2,1-3H3,(H,19,21). The first-order valence-corrected chi connectivity index (χ1v) is 9.43. The predicted molar refractivity (Wildman–Crippen MR) is 97.7 cm³/mol. The summed E-state index contributed by atoms with van der Waals surface area (Å²) in [7, 11) is 1.64. The summed E-state index contributed by atoms with van der Waals surface area (Å²) in [5.41, 5.74) is 0. The molecule has 1 N–H and O–H groups in total. The van der Waals surface area contributed by atoms with Gasteiger partial charge in [0.05, 0.1) is 25.6 Å². The fourth-order valence-electron chi connectivity index (χ4n) is 2.75. The molecule has 0 radical (unpaired) electrons. The van der Waals surface area contributed by atoms with E-state index in [-0.39, 0.29) is 12.0 Å². The van der Waals surface area contributed by atoms with Crippen LogP contribution in [0.25, 0.3) is 0 Å². The molecule has 0 aliphatic carbocycles. The van der Waals surface area contributed by atoms with Gasteiger partial charge in [-0.05, 0) is 18.1 Å². The molecule has 2 rings (SSSR count). The molecule has 134 valence electrons. The third-order valence-corrected chi connectivity index (χ3v) is 4.86. The Labute approximate surface area is 149 Å². The second-order valence-electron chi connectivity index (χ2n) is 6.39. The van der Waals surface area contributed by atoms with E-state index >= 15 is 0 Å². The van der Waals surface area contributed by atoms with Gasteiger partial charge >= 0.3 is 0 Å². The first kappa shape index (κ1) is 19.1. The highest BCUT2D eigenvalue weighted by Crippen LogP contribution is 2.28. The fraction of sp³-hybridized carbons (Fsp3) is 0.611. The van der Waals surface area contributed by atoms with E-state index in [1.165, 1.54) is 11.8 Å². The van der Waals surface area contributed by atoms with Gasteiger partial charge in [-0.1, -0.05) is 26.0 Å². The van der Waals surface area contributed by atoms with E-state index in [9.17, 15) is 4.79 Å². The first-order valence-electron chi connectivity index (χ1n) is 8.45. The maximum Gasteiger partial charge on any atom is 0.230 e. The molecule has 1 saturated heterocycles. The minimum Gasteiger partial charge on any atom is -0.496 e. The van der Waals surface area contributed by atoms with Gasteiger partial charge in [-0.2, -0.15) is 0 Å². The van der Waals surface area contributed by atoms with Crippen molar-refractivity contribution in [2.45, 2.75) is 24.8 Å². The van der Waals surface area contributed by atoms with Crippen LogP contribution in [0.5, 0.6) is 5.75 Å². The molecular formula is C18H28N2O3S. The van der Waals surface area contributed by atoms with Gasteiger partial charge < -0.3 is 14.8 Å². The normalized spacial score (nSPS) is 18.6. The molecule has 1 heterocycles. The highest BCUT2D eigenvalue weighted by molar-refractivity contribution is 8.00. The van der Waals surface area contributed by atoms with Crippen molar-refractivity contribution in [1.29, 1.82) is 0 Å². The molecule has 1 aliphatic heterocycles. The number of rotatable bonds is 8.